The Morgan fingerprint density at radius 1 is 1.21 bits per heavy atom. The van der Waals surface area contributed by atoms with E-state index in [-0.39, 0.29) is 45.5 Å². The fourth-order valence-corrected chi connectivity index (χ4v) is 7.40. The highest BCUT2D eigenvalue weighted by atomic mass is 32.2. The number of aromatic nitrogens is 5. The van der Waals surface area contributed by atoms with Crippen LogP contribution in [0.2, 0.25) is 0 Å². The predicted octanol–water partition coefficient (Wildman–Crippen LogP) is -1.00. The van der Waals surface area contributed by atoms with Crippen LogP contribution in [0.3, 0.4) is 0 Å². The standard InChI is InChI=1S/C21H20N10O7S4/c1-30-21(27-14(33)15(34)28-30)42-4-7-3-39-17-11(16(35)31(17)12(7)18(36)37)26-13(32)10(9-6-41-20(23)25-9)29-38-2-8-5-40-19(22)24-8/h5-6,11,17H,2-4H2,1H3,(H2,22,24)(H2,23,25)(H,26,32)(H,28,34)(H,36,37)/b29-10-/t11?,17-/m0/s1. The molecule has 5 heterocycles. The number of aryl methyl sites for hydroxylation is 1. The first-order valence-corrected chi connectivity index (χ1v) is 15.4. The summed E-state index contributed by atoms with van der Waals surface area (Å²) in [6.07, 6.45) is 0. The maximum absolute atomic E-state index is 13.2. The van der Waals surface area contributed by atoms with Gasteiger partial charge in [-0.25, -0.2) is 14.8 Å². The van der Waals surface area contributed by atoms with Crippen LogP contribution in [0.25, 0.3) is 0 Å². The van der Waals surface area contributed by atoms with E-state index in [2.05, 4.69) is 30.5 Å². The zero-order valence-electron chi connectivity index (χ0n) is 21.3. The van der Waals surface area contributed by atoms with Gasteiger partial charge in [0.05, 0.1) is 5.69 Å². The summed E-state index contributed by atoms with van der Waals surface area (Å²) >= 11 is 4.58. The zero-order valence-corrected chi connectivity index (χ0v) is 24.6. The SMILES string of the molecule is Cn1[nH]c(=O)c(=O)nc1SCC1=C(C(=O)O)N2C(=O)C(NC(=O)/C(=N\OCc3csc(N)n3)c3csc(N)n3)[C@@H]2SC1. The molecule has 21 heteroatoms. The Hall–Kier alpha value is -4.21. The lowest BCUT2D eigenvalue weighted by atomic mass is 10.0. The summed E-state index contributed by atoms with van der Waals surface area (Å²) in [6, 6.07) is -1.05. The van der Waals surface area contributed by atoms with Crippen molar-refractivity contribution in [1.29, 1.82) is 0 Å². The quantitative estimate of drug-likeness (QED) is 0.0579. The number of rotatable bonds is 10. The first kappa shape index (κ1) is 29.3. The van der Waals surface area contributed by atoms with Crippen molar-refractivity contribution in [3.8, 4) is 0 Å². The van der Waals surface area contributed by atoms with Gasteiger partial charge in [-0.15, -0.1) is 34.4 Å². The monoisotopic (exact) mass is 652 g/mol. The number of carboxylic acid groups (broad SMARTS) is 1. The first-order chi connectivity index (χ1) is 20.0. The molecule has 1 fully saturated rings. The fraction of sp³-hybridized carbons (Fsp3) is 0.286. The molecule has 0 saturated carbocycles. The van der Waals surface area contributed by atoms with Crippen molar-refractivity contribution >= 4 is 80.0 Å². The van der Waals surface area contributed by atoms with Gasteiger partial charge in [-0.3, -0.25) is 33.9 Å². The summed E-state index contributed by atoms with van der Waals surface area (Å²) in [5, 5.41) is 21.9. The number of nitrogens with one attached hydrogen (secondary N) is 2. The van der Waals surface area contributed by atoms with E-state index in [9.17, 15) is 29.1 Å². The number of aromatic amines is 1. The minimum atomic E-state index is -1.33. The van der Waals surface area contributed by atoms with Gasteiger partial charge < -0.3 is 26.7 Å². The Morgan fingerprint density at radius 3 is 2.62 bits per heavy atom. The van der Waals surface area contributed by atoms with Gasteiger partial charge in [-0.1, -0.05) is 16.9 Å². The molecule has 0 spiro atoms. The molecular formula is C21H20N10O7S4. The number of oxime groups is 1. The number of nitrogen functional groups attached to an aromatic ring is 2. The molecule has 1 saturated heterocycles. The van der Waals surface area contributed by atoms with Gasteiger partial charge in [0.15, 0.2) is 27.7 Å². The molecule has 2 aliphatic heterocycles. The van der Waals surface area contributed by atoms with Crippen molar-refractivity contribution in [2.75, 3.05) is 23.0 Å². The number of nitrogens with two attached hydrogens (primary N) is 2. The van der Waals surface area contributed by atoms with Crippen molar-refractivity contribution in [2.45, 2.75) is 23.2 Å². The molecule has 5 rings (SSSR count). The van der Waals surface area contributed by atoms with Gasteiger partial charge in [0, 0.05) is 29.3 Å². The molecule has 2 atom stereocenters. The number of thioether (sulfide) groups is 2. The smallest absolute Gasteiger partial charge is 0.352 e. The zero-order chi connectivity index (χ0) is 30.1. The molecule has 3 aromatic heterocycles. The van der Waals surface area contributed by atoms with E-state index in [1.807, 2.05) is 0 Å². The summed E-state index contributed by atoms with van der Waals surface area (Å²) in [5.74, 6) is -2.43. The van der Waals surface area contributed by atoms with Gasteiger partial charge in [-0.05, 0) is 5.57 Å². The molecule has 1 unspecified atom stereocenters. The first-order valence-electron chi connectivity index (χ1n) is 11.7. The number of nitrogens with zero attached hydrogens (tertiary/aromatic N) is 6. The third-order valence-corrected chi connectivity index (χ3v) is 9.63. The van der Waals surface area contributed by atoms with Crippen LogP contribution in [-0.2, 0) is 32.9 Å². The molecule has 42 heavy (non-hydrogen) atoms. The minimum Gasteiger partial charge on any atom is -0.477 e. The van der Waals surface area contributed by atoms with Crippen LogP contribution in [0.5, 0.6) is 0 Å². The Balaban J connectivity index is 1.31. The van der Waals surface area contributed by atoms with Crippen LogP contribution in [-0.4, -0.2) is 81.2 Å². The summed E-state index contributed by atoms with van der Waals surface area (Å²) < 4.78 is 1.25. The summed E-state index contributed by atoms with van der Waals surface area (Å²) in [7, 11) is 1.48. The summed E-state index contributed by atoms with van der Waals surface area (Å²) in [6.45, 7) is -0.0744. The second-order valence-corrected chi connectivity index (χ2v) is 12.4. The number of hydrogen-bond acceptors (Lipinski definition) is 16. The Morgan fingerprint density at radius 2 is 1.95 bits per heavy atom. The molecule has 2 amide bonds. The van der Waals surface area contributed by atoms with E-state index in [0.717, 1.165) is 28.0 Å². The molecule has 0 bridgehead atoms. The van der Waals surface area contributed by atoms with E-state index in [1.54, 1.807) is 5.38 Å². The van der Waals surface area contributed by atoms with Crippen molar-refractivity contribution in [3.63, 3.8) is 0 Å². The molecule has 0 aromatic carbocycles. The van der Waals surface area contributed by atoms with Crippen LogP contribution in [0.1, 0.15) is 11.4 Å². The Labute approximate surface area is 251 Å². The van der Waals surface area contributed by atoms with Gasteiger partial charge in [-0.2, -0.15) is 4.98 Å². The lowest BCUT2D eigenvalue weighted by Gasteiger charge is -2.49. The summed E-state index contributed by atoms with van der Waals surface area (Å²) in [5.41, 5.74) is 10.1. The highest BCUT2D eigenvalue weighted by Gasteiger charge is 2.54. The number of carboxylic acids is 1. The number of amides is 2. The number of aliphatic carboxylic acids is 1. The third kappa shape index (κ3) is 5.89. The third-order valence-electron chi connectivity index (χ3n) is 5.78. The maximum atomic E-state index is 13.2. The lowest BCUT2D eigenvalue weighted by molar-refractivity contribution is -0.150. The molecule has 0 aliphatic carbocycles. The minimum absolute atomic E-state index is 0.0744. The van der Waals surface area contributed by atoms with Crippen LogP contribution in [0.4, 0.5) is 10.3 Å². The molecular weight excluding hydrogens is 633 g/mol. The highest BCUT2D eigenvalue weighted by molar-refractivity contribution is 8.01. The van der Waals surface area contributed by atoms with Crippen molar-refractivity contribution in [1.82, 2.24) is 34.9 Å². The fourth-order valence-electron chi connectivity index (χ4n) is 3.90. The predicted molar refractivity (Wildman–Crippen MR) is 155 cm³/mol. The number of anilines is 2. The van der Waals surface area contributed by atoms with Crippen LogP contribution in [0.15, 0.2) is 41.9 Å². The van der Waals surface area contributed by atoms with Gasteiger partial charge in [0.1, 0.15) is 22.8 Å². The molecule has 2 aliphatic rings. The van der Waals surface area contributed by atoms with Crippen molar-refractivity contribution in [3.05, 3.63) is 54.1 Å². The Bertz CT molecular complexity index is 1760. The van der Waals surface area contributed by atoms with Crippen LogP contribution in [0, 0.1) is 0 Å². The van der Waals surface area contributed by atoms with E-state index < -0.39 is 40.3 Å². The second kappa shape index (κ2) is 12.0. The molecule has 7 N–H and O–H groups in total. The number of H-pyrrole nitrogens is 1. The average molecular weight is 653 g/mol. The van der Waals surface area contributed by atoms with Gasteiger partial charge >= 0.3 is 17.1 Å². The summed E-state index contributed by atoms with van der Waals surface area (Å²) in [4.78, 5) is 79.9. The van der Waals surface area contributed by atoms with Crippen molar-refractivity contribution in [2.24, 2.45) is 12.2 Å². The van der Waals surface area contributed by atoms with E-state index in [0.29, 0.717) is 16.4 Å². The largest absolute Gasteiger partial charge is 0.477 e. The van der Waals surface area contributed by atoms with Crippen LogP contribution < -0.4 is 27.9 Å². The Kier molecular flexibility index (Phi) is 8.34. The molecule has 220 valence electrons. The van der Waals surface area contributed by atoms with Gasteiger partial charge in [0.25, 0.3) is 11.8 Å². The highest BCUT2D eigenvalue weighted by Crippen LogP contribution is 2.41. The van der Waals surface area contributed by atoms with Crippen LogP contribution >= 0.6 is 46.2 Å². The second-order valence-electron chi connectivity index (χ2n) is 8.57. The number of carbonyl (C=O) groups is 3. The molecule has 17 nitrogen and oxygen atoms in total. The number of fused-ring (bicyclic) bond motifs is 1. The number of hydrogen-bond donors (Lipinski definition) is 5. The lowest BCUT2D eigenvalue weighted by Crippen LogP contribution is -2.71. The maximum Gasteiger partial charge on any atom is 0.352 e. The van der Waals surface area contributed by atoms with E-state index >= 15 is 0 Å². The van der Waals surface area contributed by atoms with E-state index in [4.69, 9.17) is 16.3 Å². The number of thiazole rings is 2. The van der Waals surface area contributed by atoms with Gasteiger partial charge in [0.2, 0.25) is 0 Å². The van der Waals surface area contributed by atoms with Crippen molar-refractivity contribution < 1.29 is 24.3 Å². The topological polar surface area (TPSA) is 254 Å². The molecule has 0 radical (unpaired) electrons. The number of β-lactam (4-membered cyclic amide) rings is 1. The number of carbonyl (C=O) groups excluding carboxylic acids is 2. The normalized spacial score (nSPS) is 18.5. The molecule has 3 aromatic rings. The average Bonchev–Trinajstić information content (AvgIpc) is 3.57. The van der Waals surface area contributed by atoms with E-state index in [1.165, 1.54) is 40.2 Å².